The topological polar surface area (TPSA) is 84.2 Å². The molecule has 8 heteroatoms. The number of halogens is 1. The first-order valence-corrected chi connectivity index (χ1v) is 10.8. The van der Waals surface area contributed by atoms with Crippen LogP contribution >= 0.6 is 22.9 Å². The molecule has 0 unspecified atom stereocenters. The van der Waals surface area contributed by atoms with E-state index in [-0.39, 0.29) is 5.57 Å². The van der Waals surface area contributed by atoms with Crippen LogP contribution in [0.25, 0.3) is 6.08 Å². The number of rotatable bonds is 9. The van der Waals surface area contributed by atoms with Gasteiger partial charge >= 0.3 is 0 Å². The number of aryl methyl sites for hydroxylation is 1. The van der Waals surface area contributed by atoms with Gasteiger partial charge in [0.05, 0.1) is 5.02 Å². The Bertz CT molecular complexity index is 1110. The van der Waals surface area contributed by atoms with Crippen molar-refractivity contribution in [3.8, 4) is 17.6 Å². The molecule has 2 aromatic carbocycles. The molecule has 0 fully saturated rings. The van der Waals surface area contributed by atoms with Crippen molar-refractivity contribution in [1.29, 1.82) is 5.26 Å². The largest absolute Gasteiger partial charge is 0.490 e. The summed E-state index contributed by atoms with van der Waals surface area (Å²) in [6, 6.07) is 14.8. The highest BCUT2D eigenvalue weighted by molar-refractivity contribution is 7.13. The van der Waals surface area contributed by atoms with Crippen molar-refractivity contribution in [3.63, 3.8) is 0 Å². The van der Waals surface area contributed by atoms with Crippen molar-refractivity contribution in [2.75, 3.05) is 18.5 Å². The first-order chi connectivity index (χ1) is 15.1. The van der Waals surface area contributed by atoms with Crippen LogP contribution in [0.4, 0.5) is 5.13 Å². The van der Waals surface area contributed by atoms with Gasteiger partial charge in [0.25, 0.3) is 5.91 Å². The van der Waals surface area contributed by atoms with Gasteiger partial charge in [-0.2, -0.15) is 5.26 Å². The average Bonchev–Trinajstić information content (AvgIpc) is 3.29. The summed E-state index contributed by atoms with van der Waals surface area (Å²) in [6.07, 6.45) is 3.93. The lowest BCUT2D eigenvalue weighted by Gasteiger charge is -2.12. The maximum absolute atomic E-state index is 12.2. The van der Waals surface area contributed by atoms with E-state index < -0.39 is 5.91 Å². The second kappa shape index (κ2) is 11.2. The Balaban J connectivity index is 1.58. The van der Waals surface area contributed by atoms with Crippen LogP contribution in [-0.2, 0) is 11.2 Å². The number of amides is 1. The summed E-state index contributed by atoms with van der Waals surface area (Å²) in [5, 5.41) is 14.4. The van der Waals surface area contributed by atoms with Gasteiger partial charge in [0.1, 0.15) is 36.4 Å². The molecule has 6 nitrogen and oxygen atoms in total. The summed E-state index contributed by atoms with van der Waals surface area (Å²) in [6.45, 7) is 2.78. The minimum Gasteiger partial charge on any atom is -0.490 e. The molecule has 0 atom stereocenters. The molecule has 0 aliphatic heterocycles. The van der Waals surface area contributed by atoms with Crippen molar-refractivity contribution in [1.82, 2.24) is 4.98 Å². The highest BCUT2D eigenvalue weighted by atomic mass is 35.5. The van der Waals surface area contributed by atoms with E-state index >= 15 is 0 Å². The summed E-state index contributed by atoms with van der Waals surface area (Å²) >= 11 is 7.58. The Morgan fingerprint density at radius 1 is 1.23 bits per heavy atom. The molecule has 1 heterocycles. The van der Waals surface area contributed by atoms with Gasteiger partial charge in [-0.1, -0.05) is 42.8 Å². The second-order valence-electron chi connectivity index (χ2n) is 6.31. The molecule has 3 rings (SSSR count). The highest BCUT2D eigenvalue weighted by Gasteiger charge is 2.11. The number of carbonyl (C=O) groups is 1. The van der Waals surface area contributed by atoms with Crippen LogP contribution in [0.1, 0.15) is 18.1 Å². The number of hydrogen-bond donors (Lipinski definition) is 1. The van der Waals surface area contributed by atoms with Gasteiger partial charge in [0, 0.05) is 11.6 Å². The Morgan fingerprint density at radius 2 is 2.00 bits per heavy atom. The fourth-order valence-corrected chi connectivity index (χ4v) is 3.50. The van der Waals surface area contributed by atoms with E-state index in [4.69, 9.17) is 21.1 Å². The van der Waals surface area contributed by atoms with Crippen molar-refractivity contribution in [2.24, 2.45) is 0 Å². The first kappa shape index (κ1) is 22.3. The summed E-state index contributed by atoms with van der Waals surface area (Å²) in [7, 11) is 0. The van der Waals surface area contributed by atoms with Gasteiger partial charge in [0.2, 0.25) is 0 Å². The number of nitrogens with zero attached hydrogens (tertiary/aromatic N) is 2. The summed E-state index contributed by atoms with van der Waals surface area (Å²) < 4.78 is 11.5. The van der Waals surface area contributed by atoms with Crippen LogP contribution < -0.4 is 14.8 Å². The minimum atomic E-state index is -0.529. The number of ether oxygens (including phenoxy) is 2. The first-order valence-electron chi connectivity index (χ1n) is 9.56. The van der Waals surface area contributed by atoms with Crippen molar-refractivity contribution in [3.05, 3.63) is 75.8 Å². The molecule has 0 bridgehead atoms. The molecule has 1 amide bonds. The van der Waals surface area contributed by atoms with Crippen LogP contribution in [0.2, 0.25) is 5.02 Å². The van der Waals surface area contributed by atoms with Crippen LogP contribution in [0.15, 0.2) is 59.6 Å². The third-order valence-corrected chi connectivity index (χ3v) is 5.22. The standard InChI is InChI=1S/C23H20ClN3O3S/c1-2-17-5-3-4-6-20(17)29-10-11-30-21-8-7-16(14-19(21)24)13-18(15-25)22(28)27-23-26-9-12-31-23/h3-9,12-14H,2,10-11H2,1H3,(H,26,27,28)/b18-13-. The third kappa shape index (κ3) is 6.32. The Labute approximate surface area is 189 Å². The monoisotopic (exact) mass is 453 g/mol. The third-order valence-electron chi connectivity index (χ3n) is 4.24. The van der Waals surface area contributed by atoms with Crippen molar-refractivity contribution < 1.29 is 14.3 Å². The zero-order chi connectivity index (χ0) is 22.1. The molecular weight excluding hydrogens is 434 g/mol. The van der Waals surface area contributed by atoms with Crippen molar-refractivity contribution >= 4 is 40.1 Å². The number of nitrogens with one attached hydrogen (secondary N) is 1. The maximum atomic E-state index is 12.2. The molecular formula is C23H20ClN3O3S. The number of aromatic nitrogens is 1. The smallest absolute Gasteiger partial charge is 0.268 e. The fourth-order valence-electron chi connectivity index (χ4n) is 2.73. The van der Waals surface area contributed by atoms with E-state index in [1.165, 1.54) is 17.4 Å². The molecule has 1 aromatic heterocycles. The fraction of sp³-hybridized carbons (Fsp3) is 0.174. The highest BCUT2D eigenvalue weighted by Crippen LogP contribution is 2.27. The second-order valence-corrected chi connectivity index (χ2v) is 7.61. The van der Waals surface area contributed by atoms with E-state index in [9.17, 15) is 10.1 Å². The van der Waals surface area contributed by atoms with Gasteiger partial charge in [0.15, 0.2) is 5.13 Å². The van der Waals surface area contributed by atoms with E-state index in [2.05, 4.69) is 17.2 Å². The number of carbonyl (C=O) groups excluding carboxylic acids is 1. The van der Waals surface area contributed by atoms with Crippen LogP contribution in [0, 0.1) is 11.3 Å². The molecule has 3 aromatic rings. The summed E-state index contributed by atoms with van der Waals surface area (Å²) in [4.78, 5) is 16.2. The van der Waals surface area contributed by atoms with Crippen LogP contribution in [0.5, 0.6) is 11.5 Å². The van der Waals surface area contributed by atoms with Gasteiger partial charge in [-0.25, -0.2) is 4.98 Å². The number of hydrogen-bond acceptors (Lipinski definition) is 6. The van der Waals surface area contributed by atoms with Gasteiger partial charge in [-0.3, -0.25) is 10.1 Å². The average molecular weight is 454 g/mol. The molecule has 0 aliphatic rings. The zero-order valence-electron chi connectivity index (χ0n) is 16.8. The molecule has 0 saturated heterocycles. The molecule has 0 saturated carbocycles. The normalized spacial score (nSPS) is 10.9. The Hall–Kier alpha value is -3.34. The van der Waals surface area contributed by atoms with E-state index in [1.54, 1.807) is 29.8 Å². The summed E-state index contributed by atoms with van der Waals surface area (Å²) in [5.41, 5.74) is 1.70. The van der Waals surface area contributed by atoms with E-state index in [0.717, 1.165) is 17.7 Å². The number of nitriles is 1. The Morgan fingerprint density at radius 3 is 2.68 bits per heavy atom. The predicted octanol–water partition coefficient (Wildman–Crippen LogP) is 5.36. The van der Waals surface area contributed by atoms with E-state index in [1.807, 2.05) is 30.3 Å². The lowest BCUT2D eigenvalue weighted by atomic mass is 10.1. The number of para-hydroxylation sites is 1. The molecule has 0 aliphatic carbocycles. The van der Waals surface area contributed by atoms with Crippen molar-refractivity contribution in [2.45, 2.75) is 13.3 Å². The lowest BCUT2D eigenvalue weighted by Crippen LogP contribution is -2.13. The van der Waals surface area contributed by atoms with E-state index in [0.29, 0.717) is 34.7 Å². The molecule has 0 radical (unpaired) electrons. The number of anilines is 1. The van der Waals surface area contributed by atoms with Gasteiger partial charge in [-0.05, 0) is 41.8 Å². The minimum absolute atomic E-state index is 0.0528. The zero-order valence-corrected chi connectivity index (χ0v) is 18.4. The molecule has 158 valence electrons. The quantitative estimate of drug-likeness (QED) is 0.268. The van der Waals surface area contributed by atoms with Gasteiger partial charge < -0.3 is 9.47 Å². The lowest BCUT2D eigenvalue weighted by molar-refractivity contribution is -0.112. The summed E-state index contributed by atoms with van der Waals surface area (Å²) in [5.74, 6) is 0.815. The molecule has 31 heavy (non-hydrogen) atoms. The molecule has 0 spiro atoms. The SMILES string of the molecule is CCc1ccccc1OCCOc1ccc(/C=C(/C#N)C(=O)Nc2nccs2)cc1Cl. The Kier molecular flexibility index (Phi) is 8.05. The van der Waals surface area contributed by atoms with Crippen LogP contribution in [-0.4, -0.2) is 24.1 Å². The number of thiazole rings is 1. The van der Waals surface area contributed by atoms with Gasteiger partial charge in [-0.15, -0.1) is 11.3 Å². The maximum Gasteiger partial charge on any atom is 0.268 e. The number of benzene rings is 2. The predicted molar refractivity (Wildman–Crippen MR) is 123 cm³/mol. The molecule has 1 N–H and O–H groups in total. The van der Waals surface area contributed by atoms with Crippen LogP contribution in [0.3, 0.4) is 0 Å².